The molecule has 1 unspecified atom stereocenters. The van der Waals surface area contributed by atoms with Gasteiger partial charge in [-0.25, -0.2) is 9.97 Å². The van der Waals surface area contributed by atoms with Gasteiger partial charge in [0.25, 0.3) is 5.91 Å². The molecule has 0 aliphatic heterocycles. The number of carbonyl (C=O) groups is 1. The first-order chi connectivity index (χ1) is 8.19. The van der Waals surface area contributed by atoms with Crippen LogP contribution in [0.5, 0.6) is 0 Å². The molecule has 1 aromatic rings. The largest absolute Gasteiger partial charge is 0.391 e. The second-order valence-corrected chi connectivity index (χ2v) is 3.98. The number of aliphatic hydroxyl groups excluding tert-OH is 1. The Bertz CT molecular complexity index is 339. The van der Waals surface area contributed by atoms with Gasteiger partial charge in [0.05, 0.1) is 11.7 Å². The van der Waals surface area contributed by atoms with E-state index in [4.69, 9.17) is 0 Å². The molecule has 94 valence electrons. The van der Waals surface area contributed by atoms with Crippen LogP contribution in [0.2, 0.25) is 0 Å². The first-order valence-corrected chi connectivity index (χ1v) is 5.90. The smallest absolute Gasteiger partial charge is 0.254 e. The molecule has 0 aliphatic carbocycles. The molecule has 0 bridgehead atoms. The number of aromatic nitrogens is 2. The number of aliphatic hydroxyl groups is 1. The second-order valence-electron chi connectivity index (χ2n) is 3.98. The molecule has 5 nitrogen and oxygen atoms in total. The molecule has 0 aromatic carbocycles. The van der Waals surface area contributed by atoms with Crippen LogP contribution in [-0.2, 0) is 0 Å². The van der Waals surface area contributed by atoms with Gasteiger partial charge in [-0.05, 0) is 5.92 Å². The number of hydrogen-bond donors (Lipinski definition) is 2. The van der Waals surface area contributed by atoms with Crippen LogP contribution in [0.3, 0.4) is 0 Å². The van der Waals surface area contributed by atoms with Crippen LogP contribution in [0.4, 0.5) is 0 Å². The number of rotatable bonds is 6. The zero-order chi connectivity index (χ0) is 12.7. The summed E-state index contributed by atoms with van der Waals surface area (Å²) < 4.78 is 0. The Hall–Kier alpha value is -1.49. The average molecular weight is 237 g/mol. The average Bonchev–Trinajstić information content (AvgIpc) is 2.38. The summed E-state index contributed by atoms with van der Waals surface area (Å²) in [6.07, 6.45) is 5.58. The molecular formula is C12H19N3O2. The first kappa shape index (κ1) is 13.6. The highest BCUT2D eigenvalue weighted by molar-refractivity contribution is 5.93. The fourth-order valence-electron chi connectivity index (χ4n) is 1.72. The Labute approximate surface area is 101 Å². The normalized spacial score (nSPS) is 12.5. The molecule has 1 amide bonds. The zero-order valence-corrected chi connectivity index (χ0v) is 10.3. The Morgan fingerprint density at radius 3 is 2.47 bits per heavy atom. The van der Waals surface area contributed by atoms with Crippen molar-refractivity contribution >= 4 is 5.91 Å². The summed E-state index contributed by atoms with van der Waals surface area (Å²) in [5.41, 5.74) is 0.407. The number of hydrogen-bond acceptors (Lipinski definition) is 4. The third-order valence-corrected chi connectivity index (χ3v) is 2.89. The molecule has 1 rings (SSSR count). The van der Waals surface area contributed by atoms with Crippen LogP contribution in [0.25, 0.3) is 0 Å². The van der Waals surface area contributed by atoms with E-state index in [9.17, 15) is 9.90 Å². The molecule has 17 heavy (non-hydrogen) atoms. The molecule has 2 N–H and O–H groups in total. The lowest BCUT2D eigenvalue weighted by Crippen LogP contribution is -2.36. The fourth-order valence-corrected chi connectivity index (χ4v) is 1.72. The summed E-state index contributed by atoms with van der Waals surface area (Å²) in [6, 6.07) is 0. The van der Waals surface area contributed by atoms with Gasteiger partial charge >= 0.3 is 0 Å². The Balaban J connectivity index is 2.43. The van der Waals surface area contributed by atoms with E-state index in [1.807, 2.05) is 13.8 Å². The van der Waals surface area contributed by atoms with Crippen molar-refractivity contribution in [3.05, 3.63) is 24.3 Å². The van der Waals surface area contributed by atoms with E-state index in [2.05, 4.69) is 15.3 Å². The number of nitrogens with zero attached hydrogens (tertiary/aromatic N) is 2. The molecule has 0 saturated carbocycles. The van der Waals surface area contributed by atoms with Crippen LogP contribution >= 0.6 is 0 Å². The van der Waals surface area contributed by atoms with Gasteiger partial charge in [-0.2, -0.15) is 0 Å². The molecule has 0 spiro atoms. The summed E-state index contributed by atoms with van der Waals surface area (Å²) >= 11 is 0. The van der Waals surface area contributed by atoms with Crippen molar-refractivity contribution in [3.63, 3.8) is 0 Å². The Kier molecular flexibility index (Phi) is 5.56. The van der Waals surface area contributed by atoms with Crippen molar-refractivity contribution in [3.8, 4) is 0 Å². The van der Waals surface area contributed by atoms with Gasteiger partial charge in [0.1, 0.15) is 6.33 Å². The molecule has 5 heteroatoms. The van der Waals surface area contributed by atoms with Crippen LogP contribution < -0.4 is 5.32 Å². The van der Waals surface area contributed by atoms with Gasteiger partial charge in [-0.3, -0.25) is 4.79 Å². The third-order valence-electron chi connectivity index (χ3n) is 2.89. The van der Waals surface area contributed by atoms with Crippen molar-refractivity contribution in [1.82, 2.24) is 15.3 Å². The van der Waals surface area contributed by atoms with Gasteiger partial charge in [0.15, 0.2) is 0 Å². The maximum Gasteiger partial charge on any atom is 0.254 e. The highest BCUT2D eigenvalue weighted by atomic mass is 16.3. The van der Waals surface area contributed by atoms with E-state index in [0.29, 0.717) is 5.56 Å². The van der Waals surface area contributed by atoms with Gasteiger partial charge < -0.3 is 10.4 Å². The fraction of sp³-hybridized carbons (Fsp3) is 0.583. The van der Waals surface area contributed by atoms with Crippen LogP contribution in [-0.4, -0.2) is 33.6 Å². The third kappa shape index (κ3) is 4.11. The Morgan fingerprint density at radius 2 is 1.94 bits per heavy atom. The lowest BCUT2D eigenvalue weighted by molar-refractivity contribution is 0.0816. The molecule has 0 fully saturated rings. The SMILES string of the molecule is CCC(CC)C(O)CNC(=O)c1cncnc1. The number of amides is 1. The van der Waals surface area contributed by atoms with Crippen molar-refractivity contribution in [1.29, 1.82) is 0 Å². The van der Waals surface area contributed by atoms with Crippen molar-refractivity contribution in [2.24, 2.45) is 5.92 Å². The summed E-state index contributed by atoms with van der Waals surface area (Å²) in [6.45, 7) is 4.33. The molecule has 0 aliphatic rings. The van der Waals surface area contributed by atoms with Crippen molar-refractivity contribution < 1.29 is 9.90 Å². The molecule has 1 aromatic heterocycles. The Morgan fingerprint density at radius 1 is 1.35 bits per heavy atom. The van der Waals surface area contributed by atoms with Gasteiger partial charge in [0.2, 0.25) is 0 Å². The van der Waals surface area contributed by atoms with E-state index in [0.717, 1.165) is 12.8 Å². The summed E-state index contributed by atoms with van der Waals surface area (Å²) in [5, 5.41) is 12.5. The maximum absolute atomic E-state index is 11.6. The van der Waals surface area contributed by atoms with Crippen molar-refractivity contribution in [2.45, 2.75) is 32.8 Å². The van der Waals surface area contributed by atoms with Crippen LogP contribution in [0.1, 0.15) is 37.0 Å². The highest BCUT2D eigenvalue weighted by Crippen LogP contribution is 2.12. The predicted octanol–water partition coefficient (Wildman–Crippen LogP) is 1.00. The standard InChI is InChI=1S/C12H19N3O2/c1-3-9(4-2)11(16)7-15-12(17)10-5-13-8-14-6-10/h5-6,8-9,11,16H,3-4,7H2,1-2H3,(H,15,17). The molecule has 1 atom stereocenters. The minimum absolute atomic E-state index is 0.224. The van der Waals surface area contributed by atoms with E-state index in [-0.39, 0.29) is 18.4 Å². The molecular weight excluding hydrogens is 218 g/mol. The lowest BCUT2D eigenvalue weighted by Gasteiger charge is -2.20. The minimum atomic E-state index is -0.501. The van der Waals surface area contributed by atoms with Crippen molar-refractivity contribution in [2.75, 3.05) is 6.54 Å². The van der Waals surface area contributed by atoms with Crippen LogP contribution in [0, 0.1) is 5.92 Å². The number of carbonyl (C=O) groups excluding carboxylic acids is 1. The monoisotopic (exact) mass is 237 g/mol. The summed E-state index contributed by atoms with van der Waals surface area (Å²) in [4.78, 5) is 19.2. The second kappa shape index (κ2) is 6.96. The quantitative estimate of drug-likeness (QED) is 0.774. The van der Waals surface area contributed by atoms with E-state index in [1.165, 1.54) is 18.7 Å². The van der Waals surface area contributed by atoms with Gasteiger partial charge in [0, 0.05) is 18.9 Å². The molecule has 0 radical (unpaired) electrons. The summed E-state index contributed by atoms with van der Waals surface area (Å²) in [7, 11) is 0. The maximum atomic E-state index is 11.6. The highest BCUT2D eigenvalue weighted by Gasteiger charge is 2.16. The first-order valence-electron chi connectivity index (χ1n) is 5.90. The topological polar surface area (TPSA) is 75.1 Å². The van der Waals surface area contributed by atoms with Gasteiger partial charge in [-0.15, -0.1) is 0 Å². The molecule has 0 saturated heterocycles. The lowest BCUT2D eigenvalue weighted by atomic mass is 9.96. The van der Waals surface area contributed by atoms with E-state index >= 15 is 0 Å². The zero-order valence-electron chi connectivity index (χ0n) is 10.3. The van der Waals surface area contributed by atoms with Crippen LogP contribution in [0.15, 0.2) is 18.7 Å². The van der Waals surface area contributed by atoms with E-state index < -0.39 is 6.10 Å². The predicted molar refractivity (Wildman–Crippen MR) is 64.4 cm³/mol. The molecule has 1 heterocycles. The summed E-state index contributed by atoms with van der Waals surface area (Å²) in [5.74, 6) is -0.0297. The van der Waals surface area contributed by atoms with Gasteiger partial charge in [-0.1, -0.05) is 26.7 Å². The minimum Gasteiger partial charge on any atom is -0.391 e. The van der Waals surface area contributed by atoms with E-state index in [1.54, 1.807) is 0 Å². The number of nitrogens with one attached hydrogen (secondary N) is 1.